The molecule has 3 heteroatoms. The first-order valence-electron chi connectivity index (χ1n) is 0.847. The molecule has 2 nitrogen and oxygen atoms in total. The Bertz CT molecular complexity index is 58.7. The maximum atomic E-state index is 10.4. The Hall–Kier alpha value is -0.730. The summed E-state index contributed by atoms with van der Waals surface area (Å²) in [5.74, 6) is 0. The van der Waals surface area contributed by atoms with Crippen LogP contribution in [-0.2, 0) is 9.59 Å². The maximum Gasteiger partial charge on any atom is 0.376 e. The SMILES string of the molecule is O=[C]C(=O)F. The van der Waals surface area contributed by atoms with Crippen LogP contribution in [0.5, 0.6) is 0 Å². The first-order valence-corrected chi connectivity index (χ1v) is 0.847. The van der Waals surface area contributed by atoms with Crippen LogP contribution in [0.4, 0.5) is 4.39 Å². The van der Waals surface area contributed by atoms with E-state index < -0.39 is 6.04 Å². The number of carbonyl (C=O) groups is 1. The van der Waals surface area contributed by atoms with E-state index in [4.69, 9.17) is 9.59 Å². The van der Waals surface area contributed by atoms with Gasteiger partial charge in [-0.1, -0.05) is 0 Å². The van der Waals surface area contributed by atoms with Crippen molar-refractivity contribution in [3.63, 3.8) is 0 Å². The second kappa shape index (κ2) is 1.58. The lowest BCUT2D eigenvalue weighted by Crippen LogP contribution is -1.82. The minimum Gasteiger partial charge on any atom is -0.278 e. The first-order chi connectivity index (χ1) is 2.27. The molecular formula is C2FO2. The Morgan fingerprint density at radius 3 is 2.00 bits per heavy atom. The minimum atomic E-state index is -2.05. The zero-order valence-corrected chi connectivity index (χ0v) is 2.19. The Morgan fingerprint density at radius 1 is 1.80 bits per heavy atom. The van der Waals surface area contributed by atoms with E-state index in [1.807, 2.05) is 0 Å². The molecule has 0 saturated carbocycles. The van der Waals surface area contributed by atoms with Gasteiger partial charge in [0.1, 0.15) is 0 Å². The number of halogens is 1. The molecule has 0 aromatic rings. The quantitative estimate of drug-likeness (QED) is 0.313. The summed E-state index contributed by atoms with van der Waals surface area (Å²) in [5, 5.41) is 0. The van der Waals surface area contributed by atoms with Crippen LogP contribution in [-0.4, -0.2) is 12.3 Å². The van der Waals surface area contributed by atoms with Gasteiger partial charge in [0.05, 0.1) is 0 Å². The molecule has 0 aromatic carbocycles. The highest BCUT2D eigenvalue weighted by Crippen LogP contribution is 1.55. The molecular weight excluding hydrogens is 75.0 g/mol. The third kappa shape index (κ3) is 3.27. The molecule has 0 aromatic heterocycles. The number of hydrogen-bond donors (Lipinski definition) is 0. The molecule has 0 unspecified atom stereocenters. The predicted molar refractivity (Wildman–Crippen MR) is 11.8 cm³/mol. The topological polar surface area (TPSA) is 34.1 Å². The number of rotatable bonds is 1. The average Bonchev–Trinajstić information content (AvgIpc) is 1.38. The van der Waals surface area contributed by atoms with Crippen molar-refractivity contribution in [3.05, 3.63) is 0 Å². The fourth-order valence-corrected chi connectivity index (χ4v) is 0. The molecule has 0 bridgehead atoms. The monoisotopic (exact) mass is 75.0 g/mol. The molecule has 0 N–H and O–H groups in total. The van der Waals surface area contributed by atoms with Gasteiger partial charge in [-0.2, -0.15) is 4.39 Å². The third-order valence-corrected chi connectivity index (χ3v) is 0.0802. The second-order valence-electron chi connectivity index (χ2n) is 0.376. The van der Waals surface area contributed by atoms with Crippen LogP contribution in [0.3, 0.4) is 0 Å². The summed E-state index contributed by atoms with van der Waals surface area (Å²) in [4.78, 5) is 17.4. The molecule has 0 spiro atoms. The van der Waals surface area contributed by atoms with Gasteiger partial charge < -0.3 is 0 Å². The maximum absolute atomic E-state index is 10.4. The first kappa shape index (κ1) is 4.27. The highest BCUT2D eigenvalue weighted by Gasteiger charge is 1.87. The van der Waals surface area contributed by atoms with Crippen molar-refractivity contribution in [3.8, 4) is 0 Å². The summed E-state index contributed by atoms with van der Waals surface area (Å²) in [6.45, 7) is 0. The molecule has 0 fully saturated rings. The summed E-state index contributed by atoms with van der Waals surface area (Å²) >= 11 is 0. The molecule has 0 rings (SSSR count). The molecule has 0 saturated heterocycles. The van der Waals surface area contributed by atoms with Gasteiger partial charge in [0.25, 0.3) is 0 Å². The van der Waals surface area contributed by atoms with Crippen LogP contribution < -0.4 is 0 Å². The zero-order valence-electron chi connectivity index (χ0n) is 2.19. The van der Waals surface area contributed by atoms with Gasteiger partial charge in [-0.25, -0.2) is 0 Å². The standard InChI is InChI=1S/C2FO2/c3-2(5)1-4. The Labute approximate surface area is 27.6 Å². The lowest BCUT2D eigenvalue weighted by molar-refractivity contribution is -0.122. The van der Waals surface area contributed by atoms with E-state index in [2.05, 4.69) is 0 Å². The lowest BCUT2D eigenvalue weighted by Gasteiger charge is -1.49. The van der Waals surface area contributed by atoms with Gasteiger partial charge >= 0.3 is 12.3 Å². The fourth-order valence-electron chi connectivity index (χ4n) is 0. The van der Waals surface area contributed by atoms with Gasteiger partial charge in [0, 0.05) is 0 Å². The van der Waals surface area contributed by atoms with Crippen LogP contribution >= 0.6 is 0 Å². The molecule has 0 heterocycles. The summed E-state index contributed by atoms with van der Waals surface area (Å²) in [7, 11) is 0. The van der Waals surface area contributed by atoms with Crippen molar-refractivity contribution in [1.82, 2.24) is 0 Å². The summed E-state index contributed by atoms with van der Waals surface area (Å²) < 4.78 is 10.4. The minimum absolute atomic E-state index is 0.472. The Kier molecular flexibility index (Phi) is 1.35. The summed E-state index contributed by atoms with van der Waals surface area (Å²) in [6, 6.07) is -2.05. The van der Waals surface area contributed by atoms with Crippen molar-refractivity contribution in [2.45, 2.75) is 0 Å². The van der Waals surface area contributed by atoms with Crippen LogP contribution in [0.2, 0.25) is 0 Å². The molecule has 0 aliphatic heterocycles. The van der Waals surface area contributed by atoms with Gasteiger partial charge in [-0.05, 0) is 0 Å². The van der Waals surface area contributed by atoms with Crippen molar-refractivity contribution < 1.29 is 14.0 Å². The van der Waals surface area contributed by atoms with Crippen molar-refractivity contribution in [2.75, 3.05) is 0 Å². The van der Waals surface area contributed by atoms with E-state index in [0.29, 0.717) is 6.29 Å². The van der Waals surface area contributed by atoms with Gasteiger partial charge in [-0.3, -0.25) is 9.59 Å². The van der Waals surface area contributed by atoms with E-state index in [9.17, 15) is 4.39 Å². The van der Waals surface area contributed by atoms with Crippen LogP contribution in [0.1, 0.15) is 0 Å². The highest BCUT2D eigenvalue weighted by atomic mass is 19.1. The normalized spacial score (nSPS) is 6.60. The molecule has 0 amide bonds. The van der Waals surface area contributed by atoms with E-state index in [1.165, 1.54) is 0 Å². The highest BCUT2D eigenvalue weighted by molar-refractivity contribution is 6.20. The van der Waals surface area contributed by atoms with Crippen molar-refractivity contribution in [1.29, 1.82) is 0 Å². The predicted octanol–water partition coefficient (Wildman–Crippen LogP) is -0.408. The third-order valence-electron chi connectivity index (χ3n) is 0.0802. The van der Waals surface area contributed by atoms with Crippen LogP contribution in [0.25, 0.3) is 0 Å². The largest absolute Gasteiger partial charge is 0.376 e. The Balaban J connectivity index is 3.20. The van der Waals surface area contributed by atoms with E-state index >= 15 is 0 Å². The van der Waals surface area contributed by atoms with Crippen molar-refractivity contribution >= 4 is 12.3 Å². The molecule has 0 atom stereocenters. The fraction of sp³-hybridized carbons (Fsp3) is 0. The second-order valence-corrected chi connectivity index (χ2v) is 0.376. The molecule has 27 valence electrons. The molecule has 0 aliphatic carbocycles. The lowest BCUT2D eigenvalue weighted by atomic mass is 10.9. The number of hydrogen-bond acceptors (Lipinski definition) is 2. The van der Waals surface area contributed by atoms with Crippen molar-refractivity contribution in [2.24, 2.45) is 0 Å². The zero-order chi connectivity index (χ0) is 4.28. The Morgan fingerprint density at radius 2 is 2.00 bits per heavy atom. The average molecular weight is 75.0 g/mol. The molecule has 5 heavy (non-hydrogen) atoms. The van der Waals surface area contributed by atoms with Gasteiger partial charge in [-0.15, -0.1) is 0 Å². The number of carbonyl (C=O) groups excluding carboxylic acids is 2. The summed E-state index contributed by atoms with van der Waals surface area (Å²) in [6.07, 6.45) is 0.472. The van der Waals surface area contributed by atoms with Gasteiger partial charge in [0.2, 0.25) is 0 Å². The smallest absolute Gasteiger partial charge is 0.278 e. The van der Waals surface area contributed by atoms with Crippen LogP contribution in [0.15, 0.2) is 0 Å². The van der Waals surface area contributed by atoms with E-state index in [1.54, 1.807) is 0 Å². The molecule has 1 radical (unpaired) electrons. The molecule has 0 aliphatic rings. The van der Waals surface area contributed by atoms with Gasteiger partial charge in [0.15, 0.2) is 0 Å². The van der Waals surface area contributed by atoms with E-state index in [-0.39, 0.29) is 0 Å². The van der Waals surface area contributed by atoms with Crippen LogP contribution in [0, 0.1) is 0 Å². The van der Waals surface area contributed by atoms with E-state index in [0.717, 1.165) is 0 Å². The summed E-state index contributed by atoms with van der Waals surface area (Å²) in [5.41, 5.74) is 0.